The molecule has 42 heavy (non-hydrogen) atoms. The zero-order valence-corrected chi connectivity index (χ0v) is 24.9. The SMILES string of the molecule is COc1ccc([C@@H]2CC(=O)C3=C(C2)NC(C)=C(C(=O)Nc2ccc(C)cc2)[C@@H]3c2cc(Cl)c(O)c(OC)c2)cc1OC. The van der Waals surface area contributed by atoms with Crippen molar-refractivity contribution in [1.82, 2.24) is 5.32 Å². The average molecular weight is 589 g/mol. The van der Waals surface area contributed by atoms with Gasteiger partial charge in [-0.25, -0.2) is 0 Å². The number of benzene rings is 3. The van der Waals surface area contributed by atoms with E-state index in [9.17, 15) is 14.7 Å². The van der Waals surface area contributed by atoms with Gasteiger partial charge >= 0.3 is 0 Å². The van der Waals surface area contributed by atoms with Crippen molar-refractivity contribution in [3.63, 3.8) is 0 Å². The van der Waals surface area contributed by atoms with Gasteiger partial charge in [0, 0.05) is 40.6 Å². The number of halogens is 1. The number of hydrogen-bond acceptors (Lipinski definition) is 7. The first-order chi connectivity index (χ1) is 20.1. The quantitative estimate of drug-likeness (QED) is 0.294. The second-order valence-corrected chi connectivity index (χ2v) is 10.9. The van der Waals surface area contributed by atoms with Crippen molar-refractivity contribution in [3.8, 4) is 23.0 Å². The molecule has 5 rings (SSSR count). The van der Waals surface area contributed by atoms with Crippen LogP contribution in [0.4, 0.5) is 5.69 Å². The number of phenolic OH excluding ortho intramolecular Hbond substituents is 1. The van der Waals surface area contributed by atoms with E-state index < -0.39 is 5.92 Å². The number of carbonyl (C=O) groups excluding carboxylic acids is 2. The molecule has 9 heteroatoms. The lowest BCUT2D eigenvalue weighted by atomic mass is 9.71. The highest BCUT2D eigenvalue weighted by Crippen LogP contribution is 2.48. The third-order valence-electron chi connectivity index (χ3n) is 7.86. The van der Waals surface area contributed by atoms with Gasteiger partial charge in [0.05, 0.1) is 26.4 Å². The monoisotopic (exact) mass is 588 g/mol. The lowest BCUT2D eigenvalue weighted by molar-refractivity contribution is -0.116. The molecule has 0 saturated heterocycles. The maximum Gasteiger partial charge on any atom is 0.254 e. The molecule has 1 aliphatic carbocycles. The molecule has 0 saturated carbocycles. The molecule has 218 valence electrons. The first-order valence-corrected chi connectivity index (χ1v) is 13.9. The molecule has 0 fully saturated rings. The molecule has 3 aromatic carbocycles. The van der Waals surface area contributed by atoms with Crippen molar-refractivity contribution in [2.24, 2.45) is 0 Å². The summed E-state index contributed by atoms with van der Waals surface area (Å²) >= 11 is 6.41. The van der Waals surface area contributed by atoms with Crippen LogP contribution in [0.25, 0.3) is 0 Å². The average Bonchev–Trinajstić information content (AvgIpc) is 2.98. The minimum atomic E-state index is -0.738. The first-order valence-electron chi connectivity index (χ1n) is 13.6. The molecule has 2 atom stereocenters. The number of methoxy groups -OCH3 is 3. The maximum atomic E-state index is 14.0. The number of aromatic hydroxyl groups is 1. The summed E-state index contributed by atoms with van der Waals surface area (Å²) in [5.41, 5.74) is 5.45. The molecule has 1 heterocycles. The molecule has 0 spiro atoms. The van der Waals surface area contributed by atoms with Crippen LogP contribution in [0.5, 0.6) is 23.0 Å². The molecule has 0 unspecified atom stereocenters. The fourth-order valence-electron chi connectivity index (χ4n) is 5.77. The number of Topliss-reactive ketones (excluding diaryl/α,β-unsaturated/α-hetero) is 1. The summed E-state index contributed by atoms with van der Waals surface area (Å²) in [6.07, 6.45) is 0.779. The number of dihydropyridines is 1. The molecule has 0 radical (unpaired) electrons. The predicted molar refractivity (Wildman–Crippen MR) is 162 cm³/mol. The molecule has 1 amide bonds. The van der Waals surface area contributed by atoms with Crippen LogP contribution in [-0.4, -0.2) is 38.1 Å². The van der Waals surface area contributed by atoms with Crippen LogP contribution in [0.3, 0.4) is 0 Å². The number of nitrogens with one attached hydrogen (secondary N) is 2. The van der Waals surface area contributed by atoms with Crippen molar-refractivity contribution in [1.29, 1.82) is 0 Å². The van der Waals surface area contributed by atoms with Gasteiger partial charge in [-0.3, -0.25) is 9.59 Å². The van der Waals surface area contributed by atoms with Crippen molar-refractivity contribution in [2.75, 3.05) is 26.6 Å². The zero-order chi connectivity index (χ0) is 30.1. The van der Waals surface area contributed by atoms with Crippen LogP contribution >= 0.6 is 11.6 Å². The lowest BCUT2D eigenvalue weighted by Gasteiger charge is -2.37. The van der Waals surface area contributed by atoms with Gasteiger partial charge in [0.25, 0.3) is 5.91 Å². The van der Waals surface area contributed by atoms with E-state index in [0.29, 0.717) is 46.0 Å². The highest BCUT2D eigenvalue weighted by atomic mass is 35.5. The van der Waals surface area contributed by atoms with Crippen LogP contribution in [-0.2, 0) is 9.59 Å². The number of ether oxygens (including phenoxy) is 3. The molecule has 0 aromatic heterocycles. The van der Waals surface area contributed by atoms with Gasteiger partial charge in [0.1, 0.15) is 0 Å². The summed E-state index contributed by atoms with van der Waals surface area (Å²) in [5, 5.41) is 16.9. The van der Waals surface area contributed by atoms with Gasteiger partial charge in [-0.15, -0.1) is 0 Å². The topological polar surface area (TPSA) is 106 Å². The largest absolute Gasteiger partial charge is 0.503 e. The third-order valence-corrected chi connectivity index (χ3v) is 8.15. The van der Waals surface area contributed by atoms with Crippen LogP contribution < -0.4 is 24.8 Å². The highest BCUT2D eigenvalue weighted by molar-refractivity contribution is 6.32. The highest BCUT2D eigenvalue weighted by Gasteiger charge is 2.41. The third kappa shape index (κ3) is 5.42. The van der Waals surface area contributed by atoms with Crippen LogP contribution in [0.2, 0.25) is 5.02 Å². The van der Waals surface area contributed by atoms with E-state index in [1.165, 1.54) is 7.11 Å². The molecular formula is C33H33ClN2O6. The zero-order valence-electron chi connectivity index (χ0n) is 24.1. The Morgan fingerprint density at radius 3 is 2.24 bits per heavy atom. The number of ketones is 1. The Labute approximate surface area is 249 Å². The Kier molecular flexibility index (Phi) is 8.18. The van der Waals surface area contributed by atoms with Gasteiger partial charge in [-0.1, -0.05) is 35.4 Å². The van der Waals surface area contributed by atoms with Crippen molar-refractivity contribution in [2.45, 2.75) is 38.5 Å². The van der Waals surface area contributed by atoms with Crippen molar-refractivity contribution < 1.29 is 28.9 Å². The predicted octanol–water partition coefficient (Wildman–Crippen LogP) is 6.38. The Bertz CT molecular complexity index is 1630. The molecule has 0 bridgehead atoms. The van der Waals surface area contributed by atoms with Gasteiger partial charge in [-0.05, 0) is 73.7 Å². The van der Waals surface area contributed by atoms with E-state index in [-0.39, 0.29) is 40.6 Å². The van der Waals surface area contributed by atoms with E-state index in [0.717, 1.165) is 16.8 Å². The number of rotatable bonds is 7. The Balaban J connectivity index is 1.59. The number of carbonyl (C=O) groups is 2. The van der Waals surface area contributed by atoms with Gasteiger partial charge < -0.3 is 30.0 Å². The van der Waals surface area contributed by atoms with E-state index in [4.69, 9.17) is 25.8 Å². The summed E-state index contributed by atoms with van der Waals surface area (Å²) < 4.78 is 16.3. The van der Waals surface area contributed by atoms with Crippen molar-refractivity contribution >= 4 is 29.0 Å². The summed E-state index contributed by atoms with van der Waals surface area (Å²) in [7, 11) is 4.58. The maximum absolute atomic E-state index is 14.0. The Morgan fingerprint density at radius 1 is 0.905 bits per heavy atom. The minimum Gasteiger partial charge on any atom is -0.503 e. The van der Waals surface area contributed by atoms with Gasteiger partial charge in [-0.2, -0.15) is 0 Å². The van der Waals surface area contributed by atoms with Gasteiger partial charge in [0.2, 0.25) is 0 Å². The molecule has 8 nitrogen and oxygen atoms in total. The molecule has 1 aliphatic heterocycles. The number of amides is 1. The molecule has 3 N–H and O–H groups in total. The number of anilines is 1. The van der Waals surface area contributed by atoms with E-state index in [2.05, 4.69) is 10.6 Å². The number of hydrogen-bond donors (Lipinski definition) is 3. The molecular weight excluding hydrogens is 556 g/mol. The Morgan fingerprint density at radius 2 is 1.57 bits per heavy atom. The fraction of sp³-hybridized carbons (Fsp3) is 0.273. The first kappa shape index (κ1) is 29.1. The van der Waals surface area contributed by atoms with E-state index in [1.54, 1.807) is 26.4 Å². The molecule has 2 aliphatic rings. The second kappa shape index (κ2) is 11.8. The summed E-state index contributed by atoms with van der Waals surface area (Å²) in [6, 6.07) is 16.4. The minimum absolute atomic E-state index is 0.0624. The molecule has 3 aromatic rings. The smallest absolute Gasteiger partial charge is 0.254 e. The van der Waals surface area contributed by atoms with Crippen LogP contribution in [0.1, 0.15) is 48.3 Å². The summed E-state index contributed by atoms with van der Waals surface area (Å²) in [5.74, 6) is -0.144. The van der Waals surface area contributed by atoms with Crippen molar-refractivity contribution in [3.05, 3.63) is 98.9 Å². The lowest BCUT2D eigenvalue weighted by Crippen LogP contribution is -2.37. The Hall–Kier alpha value is -4.43. The fourth-order valence-corrected chi connectivity index (χ4v) is 5.99. The number of aryl methyl sites for hydroxylation is 1. The number of allylic oxidation sites excluding steroid dienone is 3. The van der Waals surface area contributed by atoms with Crippen LogP contribution in [0.15, 0.2) is 77.1 Å². The standard InChI is InChI=1S/C33H33ClN2O6/c1-17-6-9-22(10-7-17)36-33(39)29-18(2)35-24-13-20(19-8-11-26(40-3)27(15-19)41-4)14-25(37)31(24)30(29)21-12-23(34)32(38)28(16-21)42-5/h6-12,15-16,20,30,35,38H,13-14H2,1-5H3,(H,36,39)/t20-,30-/m0/s1. The normalized spacial score (nSPS) is 18.3. The van der Waals surface area contributed by atoms with Crippen LogP contribution in [0, 0.1) is 6.92 Å². The van der Waals surface area contributed by atoms with E-state index in [1.807, 2.05) is 56.3 Å². The number of phenols is 1. The van der Waals surface area contributed by atoms with Gasteiger partial charge in [0.15, 0.2) is 28.8 Å². The summed E-state index contributed by atoms with van der Waals surface area (Å²) in [4.78, 5) is 27.9. The second-order valence-electron chi connectivity index (χ2n) is 10.5. The summed E-state index contributed by atoms with van der Waals surface area (Å²) in [6.45, 7) is 3.80. The van der Waals surface area contributed by atoms with E-state index >= 15 is 0 Å².